The molecule has 3 aromatic heterocycles. The molecule has 0 saturated heterocycles. The van der Waals surface area contributed by atoms with E-state index in [0.717, 1.165) is 10.0 Å². The summed E-state index contributed by atoms with van der Waals surface area (Å²) in [5.41, 5.74) is 0. The predicted molar refractivity (Wildman–Crippen MR) is 65.8 cm³/mol. The van der Waals surface area contributed by atoms with Crippen LogP contribution in [-0.2, 0) is 0 Å². The van der Waals surface area contributed by atoms with Gasteiger partial charge in [-0.15, -0.1) is 35.1 Å². The van der Waals surface area contributed by atoms with Gasteiger partial charge in [0.2, 0.25) is 5.82 Å². The van der Waals surface area contributed by atoms with Crippen molar-refractivity contribution in [3.05, 3.63) is 23.2 Å². The van der Waals surface area contributed by atoms with Crippen LogP contribution < -0.4 is 0 Å². The molecule has 0 spiro atoms. The summed E-state index contributed by atoms with van der Waals surface area (Å²) < 4.78 is 0. The highest BCUT2D eigenvalue weighted by Crippen LogP contribution is 2.22. The first kappa shape index (κ1) is 11.2. The Morgan fingerprint density at radius 3 is 2.31 bits per heavy atom. The topological polar surface area (TPSA) is 67.3 Å². The Kier molecular flexibility index (Phi) is 3.28. The van der Waals surface area contributed by atoms with Gasteiger partial charge in [-0.05, 0) is 0 Å². The highest BCUT2D eigenvalue weighted by molar-refractivity contribution is 7.13. The van der Waals surface area contributed by atoms with Crippen molar-refractivity contribution in [1.82, 2.24) is 25.1 Å². The van der Waals surface area contributed by atoms with Gasteiger partial charge in [-0.1, -0.05) is 0 Å². The Labute approximate surface area is 105 Å². The summed E-state index contributed by atoms with van der Waals surface area (Å²) in [5.74, 6) is 1.31. The molecule has 0 aliphatic heterocycles. The third kappa shape index (κ3) is 1.97. The Bertz CT molecular complexity index is 496. The monoisotopic (exact) mass is 271 g/mol. The smallest absolute Gasteiger partial charge is 0.210 e. The van der Waals surface area contributed by atoms with Crippen LogP contribution in [-0.4, -0.2) is 25.1 Å². The number of hydrogen-bond acceptors (Lipinski definition) is 6. The number of nitrogens with one attached hydrogen (secondary N) is 1. The number of nitrogens with zero attached hydrogens (tertiary/aromatic N) is 4. The van der Waals surface area contributed by atoms with Crippen LogP contribution in [0.25, 0.3) is 21.7 Å². The lowest BCUT2D eigenvalue weighted by molar-refractivity contribution is 1.09. The minimum absolute atomic E-state index is 0. The van der Waals surface area contributed by atoms with E-state index in [1.54, 1.807) is 12.4 Å². The maximum Gasteiger partial charge on any atom is 0.210 e. The van der Waals surface area contributed by atoms with Crippen molar-refractivity contribution < 1.29 is 0 Å². The van der Waals surface area contributed by atoms with Crippen LogP contribution in [0.15, 0.2) is 23.2 Å². The van der Waals surface area contributed by atoms with Gasteiger partial charge in [0.1, 0.15) is 0 Å². The Morgan fingerprint density at radius 2 is 1.69 bits per heavy atom. The van der Waals surface area contributed by atoms with Gasteiger partial charge in [0.25, 0.3) is 0 Å². The average Bonchev–Trinajstić information content (AvgIpc) is 3.02. The van der Waals surface area contributed by atoms with Crippen molar-refractivity contribution in [3.8, 4) is 21.7 Å². The Morgan fingerprint density at radius 1 is 1.00 bits per heavy atom. The first-order valence-corrected chi connectivity index (χ1v) is 5.91. The maximum atomic E-state index is 4.32. The number of aromatic nitrogens is 5. The van der Waals surface area contributed by atoms with Crippen LogP contribution in [0.1, 0.15) is 0 Å². The van der Waals surface area contributed by atoms with Crippen molar-refractivity contribution in [2.45, 2.75) is 0 Å². The summed E-state index contributed by atoms with van der Waals surface area (Å²) >= 11 is 3.04. The molecule has 3 aromatic rings. The van der Waals surface area contributed by atoms with E-state index in [1.807, 2.05) is 10.8 Å². The molecule has 0 aliphatic rings. The molecule has 82 valence electrons. The number of H-pyrrole nitrogens is 1. The molecule has 3 heterocycles. The molecule has 5 nitrogen and oxygen atoms in total. The number of rotatable bonds is 2. The SMILES string of the molecule is Cl.c1csc(-c2n[nH]c(-c3nccs3)n2)n1. The van der Waals surface area contributed by atoms with E-state index < -0.39 is 0 Å². The zero-order chi connectivity index (χ0) is 10.1. The molecule has 3 rings (SSSR count). The summed E-state index contributed by atoms with van der Waals surface area (Å²) in [6.45, 7) is 0. The molecule has 0 unspecified atom stereocenters. The van der Waals surface area contributed by atoms with Crippen molar-refractivity contribution >= 4 is 35.1 Å². The standard InChI is InChI=1S/C8H5N5S2.ClH/c1-3-14-7(9-1)5-11-6(13-12-5)8-10-2-4-15-8;/h1-4H,(H,11,12,13);1H. The lowest BCUT2D eigenvalue weighted by Crippen LogP contribution is -1.78. The summed E-state index contributed by atoms with van der Waals surface area (Å²) in [4.78, 5) is 12.6. The molecule has 0 amide bonds. The average molecular weight is 272 g/mol. The highest BCUT2D eigenvalue weighted by Gasteiger charge is 2.10. The fourth-order valence-corrected chi connectivity index (χ4v) is 2.27. The van der Waals surface area contributed by atoms with Crippen molar-refractivity contribution in [1.29, 1.82) is 0 Å². The second-order valence-corrected chi connectivity index (χ2v) is 4.47. The zero-order valence-electron chi connectivity index (χ0n) is 7.82. The summed E-state index contributed by atoms with van der Waals surface area (Å²) in [6.07, 6.45) is 3.48. The van der Waals surface area contributed by atoms with E-state index >= 15 is 0 Å². The minimum Gasteiger partial charge on any atom is -0.257 e. The predicted octanol–water partition coefficient (Wildman–Crippen LogP) is 2.47. The van der Waals surface area contributed by atoms with Crippen LogP contribution in [0.2, 0.25) is 0 Å². The molecule has 0 aliphatic carbocycles. The van der Waals surface area contributed by atoms with E-state index in [-0.39, 0.29) is 12.4 Å². The third-order valence-electron chi connectivity index (χ3n) is 1.74. The summed E-state index contributed by atoms with van der Waals surface area (Å²) in [5, 5.41) is 12.4. The molecular formula is C8H6ClN5S2. The second kappa shape index (κ2) is 4.69. The van der Waals surface area contributed by atoms with E-state index in [0.29, 0.717) is 11.6 Å². The quantitative estimate of drug-likeness (QED) is 0.777. The molecule has 0 radical (unpaired) electrons. The molecular weight excluding hydrogens is 266 g/mol. The first-order valence-electron chi connectivity index (χ1n) is 4.15. The van der Waals surface area contributed by atoms with Crippen LogP contribution in [0.5, 0.6) is 0 Å². The van der Waals surface area contributed by atoms with E-state index in [2.05, 4.69) is 25.1 Å². The number of hydrogen-bond donors (Lipinski definition) is 1. The minimum atomic E-state index is 0. The molecule has 16 heavy (non-hydrogen) atoms. The van der Waals surface area contributed by atoms with E-state index in [1.165, 1.54) is 22.7 Å². The molecule has 0 fully saturated rings. The molecule has 0 bridgehead atoms. The third-order valence-corrected chi connectivity index (χ3v) is 3.29. The maximum absolute atomic E-state index is 4.32. The number of aromatic amines is 1. The van der Waals surface area contributed by atoms with Gasteiger partial charge < -0.3 is 0 Å². The van der Waals surface area contributed by atoms with Gasteiger partial charge in [-0.2, -0.15) is 5.10 Å². The van der Waals surface area contributed by atoms with Crippen molar-refractivity contribution in [2.24, 2.45) is 0 Å². The van der Waals surface area contributed by atoms with Crippen LogP contribution in [0.4, 0.5) is 0 Å². The van der Waals surface area contributed by atoms with Gasteiger partial charge >= 0.3 is 0 Å². The van der Waals surface area contributed by atoms with Gasteiger partial charge in [-0.3, -0.25) is 5.10 Å². The Balaban J connectivity index is 0.000000963. The fourth-order valence-electron chi connectivity index (χ4n) is 1.13. The number of halogens is 1. The molecule has 0 saturated carbocycles. The zero-order valence-corrected chi connectivity index (χ0v) is 10.3. The van der Waals surface area contributed by atoms with Crippen LogP contribution in [0, 0.1) is 0 Å². The lowest BCUT2D eigenvalue weighted by Gasteiger charge is -1.84. The lowest BCUT2D eigenvalue weighted by atomic mass is 10.6. The molecule has 0 atom stereocenters. The number of thiazole rings is 2. The second-order valence-electron chi connectivity index (χ2n) is 2.68. The molecule has 8 heteroatoms. The first-order chi connectivity index (χ1) is 7.43. The van der Waals surface area contributed by atoms with Gasteiger partial charge in [0.05, 0.1) is 0 Å². The van der Waals surface area contributed by atoms with Gasteiger partial charge in [0, 0.05) is 23.2 Å². The highest BCUT2D eigenvalue weighted by atomic mass is 35.5. The van der Waals surface area contributed by atoms with Crippen molar-refractivity contribution in [3.63, 3.8) is 0 Å². The summed E-state index contributed by atoms with van der Waals surface area (Å²) in [7, 11) is 0. The largest absolute Gasteiger partial charge is 0.257 e. The molecule has 1 N–H and O–H groups in total. The van der Waals surface area contributed by atoms with E-state index in [4.69, 9.17) is 0 Å². The van der Waals surface area contributed by atoms with Crippen LogP contribution >= 0.6 is 35.1 Å². The van der Waals surface area contributed by atoms with Gasteiger partial charge in [0.15, 0.2) is 15.8 Å². The van der Waals surface area contributed by atoms with E-state index in [9.17, 15) is 0 Å². The molecule has 0 aromatic carbocycles. The van der Waals surface area contributed by atoms with Crippen LogP contribution in [0.3, 0.4) is 0 Å². The normalized spacial score (nSPS) is 10.0. The Hall–Kier alpha value is -1.31. The van der Waals surface area contributed by atoms with Crippen molar-refractivity contribution in [2.75, 3.05) is 0 Å². The van der Waals surface area contributed by atoms with Gasteiger partial charge in [-0.25, -0.2) is 15.0 Å². The fraction of sp³-hybridized carbons (Fsp3) is 0. The summed E-state index contributed by atoms with van der Waals surface area (Å²) in [6, 6.07) is 0.